The van der Waals surface area contributed by atoms with Crippen molar-refractivity contribution in [3.8, 4) is 0 Å². The molecule has 2 aromatic rings. The number of hydrogen-bond donors (Lipinski definition) is 1. The van der Waals surface area contributed by atoms with Crippen LogP contribution in [0.1, 0.15) is 22.4 Å². The van der Waals surface area contributed by atoms with Gasteiger partial charge in [0.1, 0.15) is 0 Å². The summed E-state index contributed by atoms with van der Waals surface area (Å²) >= 11 is 0. The van der Waals surface area contributed by atoms with Crippen molar-refractivity contribution in [3.63, 3.8) is 0 Å². The molecule has 0 aliphatic heterocycles. The van der Waals surface area contributed by atoms with Crippen LogP contribution in [0.2, 0.25) is 0 Å². The van der Waals surface area contributed by atoms with Crippen LogP contribution in [0, 0.1) is 13.8 Å². The lowest BCUT2D eigenvalue weighted by atomic mass is 10.1. The third-order valence-electron chi connectivity index (χ3n) is 2.61. The Morgan fingerprint density at radius 2 is 1.88 bits per heavy atom. The molecule has 90 valence electrons. The molecular weight excluding hydrogens is 212 g/mol. The van der Waals surface area contributed by atoms with Crippen LogP contribution in [0.4, 0.5) is 0 Å². The van der Waals surface area contributed by atoms with E-state index in [2.05, 4.69) is 42.4 Å². The normalized spacial score (nSPS) is 10.8. The first-order chi connectivity index (χ1) is 8.17. The van der Waals surface area contributed by atoms with Gasteiger partial charge in [-0.05, 0) is 26.0 Å². The van der Waals surface area contributed by atoms with Gasteiger partial charge in [-0.2, -0.15) is 0 Å². The van der Waals surface area contributed by atoms with Gasteiger partial charge in [-0.3, -0.25) is 0 Å². The lowest BCUT2D eigenvalue weighted by molar-refractivity contribution is 0.648. The Labute approximate surface area is 101 Å². The number of rotatable bonds is 4. The van der Waals surface area contributed by atoms with Crippen LogP contribution in [0.25, 0.3) is 0 Å². The maximum Gasteiger partial charge on any atom is 0.0839 e. The maximum atomic E-state index is 5.49. The summed E-state index contributed by atoms with van der Waals surface area (Å²) in [6, 6.07) is 6.53. The number of aromatic nitrogens is 3. The SMILES string of the molecule is Cc1cc(C)cc(Cn2cc(CCN)nn2)c1. The zero-order chi connectivity index (χ0) is 12.3. The fourth-order valence-corrected chi connectivity index (χ4v) is 2.03. The largest absolute Gasteiger partial charge is 0.330 e. The number of hydrogen-bond acceptors (Lipinski definition) is 3. The molecule has 0 saturated heterocycles. The van der Waals surface area contributed by atoms with E-state index >= 15 is 0 Å². The topological polar surface area (TPSA) is 56.7 Å². The quantitative estimate of drug-likeness (QED) is 0.864. The van der Waals surface area contributed by atoms with Gasteiger partial charge in [-0.1, -0.05) is 34.5 Å². The van der Waals surface area contributed by atoms with Crippen molar-refractivity contribution in [1.29, 1.82) is 0 Å². The molecule has 4 heteroatoms. The van der Waals surface area contributed by atoms with Crippen molar-refractivity contribution in [3.05, 3.63) is 46.8 Å². The predicted molar refractivity (Wildman–Crippen MR) is 67.8 cm³/mol. The summed E-state index contributed by atoms with van der Waals surface area (Å²) in [4.78, 5) is 0. The monoisotopic (exact) mass is 230 g/mol. The van der Waals surface area contributed by atoms with Gasteiger partial charge in [-0.25, -0.2) is 4.68 Å². The molecule has 4 nitrogen and oxygen atoms in total. The molecule has 0 spiro atoms. The summed E-state index contributed by atoms with van der Waals surface area (Å²) in [6.07, 6.45) is 2.75. The molecule has 0 unspecified atom stereocenters. The number of benzene rings is 1. The van der Waals surface area contributed by atoms with Crippen molar-refractivity contribution in [2.75, 3.05) is 6.54 Å². The molecule has 1 heterocycles. The first-order valence-corrected chi connectivity index (χ1v) is 5.83. The highest BCUT2D eigenvalue weighted by atomic mass is 15.4. The summed E-state index contributed by atoms with van der Waals surface area (Å²) < 4.78 is 1.86. The third kappa shape index (κ3) is 3.14. The van der Waals surface area contributed by atoms with E-state index in [1.54, 1.807) is 0 Å². The second kappa shape index (κ2) is 5.10. The molecular formula is C13H18N4. The van der Waals surface area contributed by atoms with Gasteiger partial charge in [0.25, 0.3) is 0 Å². The zero-order valence-electron chi connectivity index (χ0n) is 10.3. The van der Waals surface area contributed by atoms with Crippen LogP contribution in [0.5, 0.6) is 0 Å². The molecule has 1 aromatic carbocycles. The molecule has 0 radical (unpaired) electrons. The van der Waals surface area contributed by atoms with E-state index in [4.69, 9.17) is 5.73 Å². The fourth-order valence-electron chi connectivity index (χ4n) is 2.03. The van der Waals surface area contributed by atoms with Crippen molar-refractivity contribution >= 4 is 0 Å². The smallest absolute Gasteiger partial charge is 0.0839 e. The Kier molecular flexibility index (Phi) is 3.54. The molecule has 0 aliphatic carbocycles. The molecule has 0 bridgehead atoms. The second-order valence-corrected chi connectivity index (χ2v) is 4.44. The molecule has 0 saturated carbocycles. The van der Waals surface area contributed by atoms with Crippen molar-refractivity contribution in [2.24, 2.45) is 5.73 Å². The number of nitrogens with two attached hydrogens (primary N) is 1. The van der Waals surface area contributed by atoms with E-state index in [1.165, 1.54) is 16.7 Å². The lowest BCUT2D eigenvalue weighted by Gasteiger charge is -2.04. The summed E-state index contributed by atoms with van der Waals surface area (Å²) in [5.41, 5.74) is 10.3. The van der Waals surface area contributed by atoms with Crippen LogP contribution < -0.4 is 5.73 Å². The van der Waals surface area contributed by atoms with E-state index in [0.29, 0.717) is 6.54 Å². The van der Waals surface area contributed by atoms with Crippen molar-refractivity contribution in [1.82, 2.24) is 15.0 Å². The maximum absolute atomic E-state index is 5.49. The van der Waals surface area contributed by atoms with Gasteiger partial charge in [0.15, 0.2) is 0 Å². The van der Waals surface area contributed by atoms with Gasteiger partial charge in [0, 0.05) is 12.6 Å². The van der Waals surface area contributed by atoms with Crippen LogP contribution >= 0.6 is 0 Å². The molecule has 0 amide bonds. The van der Waals surface area contributed by atoms with Gasteiger partial charge in [0.2, 0.25) is 0 Å². The minimum absolute atomic E-state index is 0.613. The Hall–Kier alpha value is -1.68. The van der Waals surface area contributed by atoms with E-state index in [0.717, 1.165) is 18.7 Å². The predicted octanol–water partition coefficient (Wildman–Crippen LogP) is 1.44. The molecule has 0 aliphatic rings. The Bertz CT molecular complexity index is 482. The zero-order valence-corrected chi connectivity index (χ0v) is 10.3. The lowest BCUT2D eigenvalue weighted by Crippen LogP contribution is -2.03. The second-order valence-electron chi connectivity index (χ2n) is 4.44. The van der Waals surface area contributed by atoms with Gasteiger partial charge in [0.05, 0.1) is 12.2 Å². The average Bonchev–Trinajstić information content (AvgIpc) is 2.64. The van der Waals surface area contributed by atoms with Crippen molar-refractivity contribution < 1.29 is 0 Å². The van der Waals surface area contributed by atoms with E-state index in [9.17, 15) is 0 Å². The summed E-state index contributed by atoms with van der Waals surface area (Å²) in [7, 11) is 0. The van der Waals surface area contributed by atoms with Crippen LogP contribution in [0.15, 0.2) is 24.4 Å². The number of aryl methyl sites for hydroxylation is 2. The van der Waals surface area contributed by atoms with Crippen LogP contribution in [0.3, 0.4) is 0 Å². The minimum atomic E-state index is 0.613. The molecule has 17 heavy (non-hydrogen) atoms. The summed E-state index contributed by atoms with van der Waals surface area (Å²) in [5.74, 6) is 0. The first-order valence-electron chi connectivity index (χ1n) is 5.83. The van der Waals surface area contributed by atoms with Crippen LogP contribution in [-0.4, -0.2) is 21.5 Å². The van der Waals surface area contributed by atoms with E-state index < -0.39 is 0 Å². The molecule has 2 rings (SSSR count). The molecule has 2 N–H and O–H groups in total. The molecule has 0 atom stereocenters. The molecule has 1 aromatic heterocycles. The van der Waals surface area contributed by atoms with Crippen molar-refractivity contribution in [2.45, 2.75) is 26.8 Å². The highest BCUT2D eigenvalue weighted by Crippen LogP contribution is 2.10. The minimum Gasteiger partial charge on any atom is -0.330 e. The Morgan fingerprint density at radius 3 is 2.53 bits per heavy atom. The van der Waals surface area contributed by atoms with E-state index in [-0.39, 0.29) is 0 Å². The Morgan fingerprint density at radius 1 is 1.18 bits per heavy atom. The first kappa shape index (κ1) is 11.8. The highest BCUT2D eigenvalue weighted by molar-refractivity contribution is 5.28. The highest BCUT2D eigenvalue weighted by Gasteiger charge is 2.01. The fraction of sp³-hybridized carbons (Fsp3) is 0.385. The van der Waals surface area contributed by atoms with E-state index in [1.807, 2.05) is 10.9 Å². The van der Waals surface area contributed by atoms with Gasteiger partial charge >= 0.3 is 0 Å². The Balaban J connectivity index is 2.13. The standard InChI is InChI=1S/C13H18N4/c1-10-5-11(2)7-12(6-10)8-17-9-13(3-4-14)15-16-17/h5-7,9H,3-4,8,14H2,1-2H3. The van der Waals surface area contributed by atoms with Gasteiger partial charge < -0.3 is 5.73 Å². The number of nitrogens with zero attached hydrogens (tertiary/aromatic N) is 3. The third-order valence-corrected chi connectivity index (χ3v) is 2.61. The van der Waals surface area contributed by atoms with Crippen LogP contribution in [-0.2, 0) is 13.0 Å². The molecule has 0 fully saturated rings. The summed E-state index contributed by atoms with van der Waals surface area (Å²) in [5, 5.41) is 8.18. The average molecular weight is 230 g/mol. The summed E-state index contributed by atoms with van der Waals surface area (Å²) in [6.45, 7) is 5.59. The van der Waals surface area contributed by atoms with Gasteiger partial charge in [-0.15, -0.1) is 5.10 Å².